The van der Waals surface area contributed by atoms with Crippen molar-refractivity contribution in [2.45, 2.75) is 70.5 Å². The van der Waals surface area contributed by atoms with Crippen LogP contribution in [-0.2, 0) is 22.6 Å². The van der Waals surface area contributed by atoms with Crippen molar-refractivity contribution in [2.24, 2.45) is 0 Å². The third-order valence-electron chi connectivity index (χ3n) is 6.45. The molecule has 1 saturated carbocycles. The second kappa shape index (κ2) is 11.1. The van der Waals surface area contributed by atoms with Crippen molar-refractivity contribution in [3.63, 3.8) is 0 Å². The van der Waals surface area contributed by atoms with Crippen LogP contribution in [0.2, 0.25) is 0 Å². The van der Waals surface area contributed by atoms with Gasteiger partial charge in [-0.15, -0.1) is 0 Å². The summed E-state index contributed by atoms with van der Waals surface area (Å²) in [7, 11) is 0. The molecular weight excluding hydrogens is 484 g/mol. The summed E-state index contributed by atoms with van der Waals surface area (Å²) in [5.74, 6) is 1.33. The van der Waals surface area contributed by atoms with E-state index in [9.17, 15) is 9.59 Å². The summed E-state index contributed by atoms with van der Waals surface area (Å²) in [6.07, 6.45) is 6.45. The average Bonchev–Trinajstić information content (AvgIpc) is 3.30. The zero-order chi connectivity index (χ0) is 23.2. The lowest BCUT2D eigenvalue weighted by Gasteiger charge is -2.31. The van der Waals surface area contributed by atoms with Crippen molar-refractivity contribution in [2.75, 3.05) is 6.79 Å². The van der Waals surface area contributed by atoms with Crippen LogP contribution >= 0.6 is 15.9 Å². The predicted molar refractivity (Wildman–Crippen MR) is 130 cm³/mol. The lowest BCUT2D eigenvalue weighted by atomic mass is 9.95. The molecule has 7 heteroatoms. The van der Waals surface area contributed by atoms with E-state index in [1.54, 1.807) is 4.90 Å². The molecule has 0 bridgehead atoms. The highest BCUT2D eigenvalue weighted by Gasteiger charge is 2.28. The van der Waals surface area contributed by atoms with Crippen LogP contribution in [0.4, 0.5) is 0 Å². The van der Waals surface area contributed by atoms with Crippen LogP contribution in [0.3, 0.4) is 0 Å². The Morgan fingerprint density at radius 3 is 2.48 bits per heavy atom. The highest BCUT2D eigenvalue weighted by Crippen LogP contribution is 2.33. The molecule has 1 aliphatic carbocycles. The molecule has 4 rings (SSSR count). The summed E-state index contributed by atoms with van der Waals surface area (Å²) in [5.41, 5.74) is 2.00. The van der Waals surface area contributed by atoms with Crippen molar-refractivity contribution in [1.82, 2.24) is 10.2 Å². The monoisotopic (exact) mass is 514 g/mol. The van der Waals surface area contributed by atoms with E-state index in [1.165, 1.54) is 6.42 Å². The van der Waals surface area contributed by atoms with Crippen molar-refractivity contribution in [3.05, 3.63) is 58.1 Å². The number of hydrogen-bond acceptors (Lipinski definition) is 4. The summed E-state index contributed by atoms with van der Waals surface area (Å²) in [6, 6.07) is 13.3. The van der Waals surface area contributed by atoms with Gasteiger partial charge < -0.3 is 19.7 Å². The molecule has 0 spiro atoms. The van der Waals surface area contributed by atoms with Gasteiger partial charge in [0.25, 0.3) is 0 Å². The Morgan fingerprint density at radius 2 is 1.73 bits per heavy atom. The number of benzene rings is 2. The Labute approximate surface area is 203 Å². The number of carbonyl (C=O) groups is 2. The van der Waals surface area contributed by atoms with E-state index in [-0.39, 0.29) is 24.6 Å². The van der Waals surface area contributed by atoms with Crippen LogP contribution in [0.25, 0.3) is 0 Å². The zero-order valence-corrected chi connectivity index (χ0v) is 20.6. The molecule has 0 saturated heterocycles. The van der Waals surface area contributed by atoms with Crippen molar-refractivity contribution >= 4 is 27.7 Å². The highest BCUT2D eigenvalue weighted by molar-refractivity contribution is 9.10. The van der Waals surface area contributed by atoms with Gasteiger partial charge in [0.2, 0.25) is 18.6 Å². The van der Waals surface area contributed by atoms with Gasteiger partial charge >= 0.3 is 0 Å². The molecule has 176 valence electrons. The van der Waals surface area contributed by atoms with Crippen LogP contribution in [0.1, 0.15) is 56.6 Å². The Balaban J connectivity index is 1.44. The summed E-state index contributed by atoms with van der Waals surface area (Å²) in [6.45, 7) is 2.45. The molecule has 2 aromatic carbocycles. The number of nitrogens with zero attached hydrogens (tertiary/aromatic N) is 1. The Kier molecular flexibility index (Phi) is 7.91. The molecule has 0 radical (unpaired) electrons. The standard InChI is InChI=1S/C26H31BrN2O4/c1-18(26(31)28-22-5-3-2-4-6-22)29(16-20-7-11-21(27)12-8-20)25(30)14-10-19-9-13-23-24(15-19)33-17-32-23/h7-9,11-13,15,18,22H,2-6,10,14,16-17H2,1H3,(H,28,31). The van der Waals surface area contributed by atoms with Gasteiger partial charge in [0, 0.05) is 23.5 Å². The Hall–Kier alpha value is -2.54. The maximum atomic E-state index is 13.3. The van der Waals surface area contributed by atoms with Crippen LogP contribution in [0.15, 0.2) is 46.9 Å². The molecule has 2 amide bonds. The predicted octanol–water partition coefficient (Wildman–Crippen LogP) is 4.98. The minimum atomic E-state index is -0.542. The Morgan fingerprint density at radius 1 is 1.03 bits per heavy atom. The third kappa shape index (κ3) is 6.28. The van der Waals surface area contributed by atoms with Crippen LogP contribution < -0.4 is 14.8 Å². The van der Waals surface area contributed by atoms with Gasteiger partial charge in [0.1, 0.15) is 6.04 Å². The largest absolute Gasteiger partial charge is 0.454 e. The number of amides is 2. The van der Waals surface area contributed by atoms with Gasteiger partial charge in [-0.2, -0.15) is 0 Å². The molecule has 0 aromatic heterocycles. The number of halogens is 1. The minimum Gasteiger partial charge on any atom is -0.454 e. The van der Waals surface area contributed by atoms with Crippen molar-refractivity contribution in [3.8, 4) is 11.5 Å². The molecule has 1 aliphatic heterocycles. The highest BCUT2D eigenvalue weighted by atomic mass is 79.9. The van der Waals surface area contributed by atoms with Crippen LogP contribution in [-0.4, -0.2) is 35.6 Å². The van der Waals surface area contributed by atoms with Crippen molar-refractivity contribution < 1.29 is 19.1 Å². The number of fused-ring (bicyclic) bond motifs is 1. The number of hydrogen-bond donors (Lipinski definition) is 1. The summed E-state index contributed by atoms with van der Waals surface area (Å²) in [4.78, 5) is 28.1. The van der Waals surface area contributed by atoms with E-state index in [2.05, 4.69) is 21.2 Å². The maximum absolute atomic E-state index is 13.3. The van der Waals surface area contributed by atoms with E-state index >= 15 is 0 Å². The number of carbonyl (C=O) groups excluding carboxylic acids is 2. The quantitative estimate of drug-likeness (QED) is 0.539. The first kappa shape index (κ1) is 23.6. The number of aryl methyl sites for hydroxylation is 1. The number of rotatable bonds is 8. The SMILES string of the molecule is CC(C(=O)NC1CCCCC1)N(Cc1ccc(Br)cc1)C(=O)CCc1ccc2c(c1)OCO2. The topological polar surface area (TPSA) is 67.9 Å². The summed E-state index contributed by atoms with van der Waals surface area (Å²) >= 11 is 3.46. The average molecular weight is 515 g/mol. The zero-order valence-electron chi connectivity index (χ0n) is 19.0. The molecule has 1 heterocycles. The van der Waals surface area contributed by atoms with E-state index in [0.29, 0.717) is 25.1 Å². The summed E-state index contributed by atoms with van der Waals surface area (Å²) in [5, 5.41) is 3.18. The molecule has 1 unspecified atom stereocenters. The van der Waals surface area contributed by atoms with Crippen molar-refractivity contribution in [1.29, 1.82) is 0 Å². The van der Waals surface area contributed by atoms with Gasteiger partial charge in [0.05, 0.1) is 0 Å². The molecule has 33 heavy (non-hydrogen) atoms. The van der Waals surface area contributed by atoms with Crippen LogP contribution in [0, 0.1) is 0 Å². The third-order valence-corrected chi connectivity index (χ3v) is 6.98. The molecule has 1 fully saturated rings. The smallest absolute Gasteiger partial charge is 0.242 e. The van der Waals surface area contributed by atoms with Gasteiger partial charge in [0.15, 0.2) is 11.5 Å². The Bertz CT molecular complexity index is 973. The van der Waals surface area contributed by atoms with Gasteiger partial charge in [-0.3, -0.25) is 9.59 Å². The van der Waals surface area contributed by atoms with Gasteiger partial charge in [-0.1, -0.05) is 53.4 Å². The van der Waals surface area contributed by atoms with Gasteiger partial charge in [-0.25, -0.2) is 0 Å². The van der Waals surface area contributed by atoms with E-state index < -0.39 is 6.04 Å². The molecule has 1 N–H and O–H groups in total. The van der Waals surface area contributed by atoms with E-state index in [1.807, 2.05) is 49.4 Å². The maximum Gasteiger partial charge on any atom is 0.242 e. The lowest BCUT2D eigenvalue weighted by molar-refractivity contribution is -0.141. The fourth-order valence-electron chi connectivity index (χ4n) is 4.43. The first-order chi connectivity index (χ1) is 16.0. The fraction of sp³-hybridized carbons (Fsp3) is 0.462. The number of nitrogens with one attached hydrogen (secondary N) is 1. The summed E-state index contributed by atoms with van der Waals surface area (Å²) < 4.78 is 11.8. The molecular formula is C26H31BrN2O4. The molecule has 2 aliphatic rings. The molecule has 2 aromatic rings. The molecule has 1 atom stereocenters. The second-order valence-electron chi connectivity index (χ2n) is 8.86. The van der Waals surface area contributed by atoms with Gasteiger partial charge in [-0.05, 0) is 61.6 Å². The first-order valence-electron chi connectivity index (χ1n) is 11.7. The van der Waals surface area contributed by atoms with E-state index in [0.717, 1.165) is 47.0 Å². The number of ether oxygens (including phenoxy) is 2. The van der Waals surface area contributed by atoms with Crippen LogP contribution in [0.5, 0.6) is 11.5 Å². The molecule has 6 nitrogen and oxygen atoms in total. The normalized spacial score (nSPS) is 16.3. The van der Waals surface area contributed by atoms with E-state index in [4.69, 9.17) is 9.47 Å². The second-order valence-corrected chi connectivity index (χ2v) is 9.77. The first-order valence-corrected chi connectivity index (χ1v) is 12.5. The fourth-order valence-corrected chi connectivity index (χ4v) is 4.69. The lowest BCUT2D eigenvalue weighted by Crippen LogP contribution is -2.50. The minimum absolute atomic E-state index is 0.0399.